The minimum absolute atomic E-state index is 0. The molecular weight excluding hydrogens is 812 g/mol. The van der Waals surface area contributed by atoms with Crippen molar-refractivity contribution in [2.75, 3.05) is 0 Å². The standard InChI is InChI=1S/2C12H10BF2N5.2Co.4N3/c2*14-13(15)19-11(9-5-1-3-7-16-9)18-12(20-13)10-6-2-4-8-17-10;;;4*1-3-2/h2*1-8,19H,(H,18,20);;;;;;/q;;2*+2;4*-1. The fourth-order valence-electron chi connectivity index (χ4n) is 3.65. The van der Waals surface area contributed by atoms with Gasteiger partial charge in [0.1, 0.15) is 11.4 Å². The van der Waals surface area contributed by atoms with Crippen molar-refractivity contribution in [3.63, 3.8) is 0 Å². The van der Waals surface area contributed by atoms with Gasteiger partial charge >= 0.3 is 59.2 Å². The maximum absolute atomic E-state index is 13.8. The molecule has 22 nitrogen and oxygen atoms in total. The number of rotatable bonds is 4. The van der Waals surface area contributed by atoms with Gasteiger partial charge < -0.3 is 81.8 Å². The zero-order valence-corrected chi connectivity index (χ0v) is 28.7. The van der Waals surface area contributed by atoms with E-state index in [2.05, 4.69) is 50.2 Å². The average Bonchev–Trinajstić information content (AvgIpc) is 3.13. The SMILES string of the molecule is F[B-]1(F)NC(c2ccccn2)=NC(c2ccccn2)=[NH+]1.F[B-]1(F)NC(c2ccccn2)=NC(c2ccccn2)=[NH+]1.[Co+2].[Co+2].[N-]=[N+]=[N-].[N-]=[N+]=[N-].[N-]=[N+]=[N-].[N-]=[N+]=[N-]. The summed E-state index contributed by atoms with van der Waals surface area (Å²) in [7, 11) is 0. The molecule has 2 aliphatic heterocycles. The van der Waals surface area contributed by atoms with Crippen LogP contribution in [0.2, 0.25) is 0 Å². The Morgan fingerprint density at radius 3 is 0.907 bits per heavy atom. The van der Waals surface area contributed by atoms with E-state index in [1.54, 1.807) is 72.8 Å². The smallest absolute Gasteiger partial charge is 0.421 e. The van der Waals surface area contributed by atoms with Crippen molar-refractivity contribution in [2.45, 2.75) is 0 Å². The molecular formula is C24H20B2Co2F4N22. The predicted molar refractivity (Wildman–Crippen MR) is 183 cm³/mol. The predicted octanol–water partition coefficient (Wildman–Crippen LogP) is 2.92. The molecule has 0 amide bonds. The van der Waals surface area contributed by atoms with Gasteiger partial charge in [-0.1, -0.05) is 24.3 Å². The number of aliphatic imine (C=N–C) groups is 2. The van der Waals surface area contributed by atoms with Crippen molar-refractivity contribution in [3.05, 3.63) is 184 Å². The van der Waals surface area contributed by atoms with Gasteiger partial charge in [-0.2, -0.15) is 0 Å². The second-order valence-electron chi connectivity index (χ2n) is 8.74. The summed E-state index contributed by atoms with van der Waals surface area (Å²) in [6, 6.07) is 20.1. The second kappa shape index (κ2) is 26.7. The van der Waals surface area contributed by atoms with Crippen LogP contribution in [0.15, 0.2) is 108 Å². The monoisotopic (exact) mass is 832 g/mol. The first-order valence-electron chi connectivity index (χ1n) is 13.6. The van der Waals surface area contributed by atoms with E-state index >= 15 is 0 Å². The third kappa shape index (κ3) is 18.3. The summed E-state index contributed by atoms with van der Waals surface area (Å²) in [5.74, 6) is 0.0926. The van der Waals surface area contributed by atoms with E-state index in [1.807, 2.05) is 0 Å². The van der Waals surface area contributed by atoms with Crippen LogP contribution in [0.5, 0.6) is 0 Å². The van der Waals surface area contributed by atoms with Gasteiger partial charge in [-0.05, 0) is 58.5 Å². The van der Waals surface area contributed by atoms with Crippen molar-refractivity contribution >= 4 is 37.3 Å². The van der Waals surface area contributed by atoms with E-state index in [0.29, 0.717) is 22.8 Å². The fourth-order valence-corrected chi connectivity index (χ4v) is 3.65. The van der Waals surface area contributed by atoms with E-state index in [0.717, 1.165) is 0 Å². The Bertz CT molecular complexity index is 1820. The maximum atomic E-state index is 13.8. The van der Waals surface area contributed by atoms with Crippen LogP contribution < -0.4 is 20.3 Å². The van der Waals surface area contributed by atoms with Gasteiger partial charge in [0, 0.05) is 24.8 Å². The van der Waals surface area contributed by atoms with Crippen molar-refractivity contribution in [1.29, 1.82) is 0 Å². The van der Waals surface area contributed by atoms with Gasteiger partial charge in [-0.25, -0.2) is 9.97 Å². The molecule has 0 spiro atoms. The third-order valence-corrected chi connectivity index (χ3v) is 5.35. The Labute approximate surface area is 321 Å². The van der Waals surface area contributed by atoms with E-state index in [-0.39, 0.29) is 56.9 Å². The first-order valence-corrected chi connectivity index (χ1v) is 13.6. The molecule has 2 radical (unpaired) electrons. The van der Waals surface area contributed by atoms with Crippen LogP contribution in [0.3, 0.4) is 0 Å². The molecule has 0 bridgehead atoms. The largest absolute Gasteiger partial charge is 2.00 e. The van der Waals surface area contributed by atoms with Gasteiger partial charge in [0.2, 0.25) is 11.7 Å². The number of amidine groups is 4. The summed E-state index contributed by atoms with van der Waals surface area (Å²) in [4.78, 5) is 34.5. The van der Waals surface area contributed by atoms with Gasteiger partial charge in [0.15, 0.2) is 11.4 Å². The Kier molecular flexibility index (Phi) is 24.3. The molecule has 0 unspecified atom stereocenters. The molecule has 30 heteroatoms. The quantitative estimate of drug-likeness (QED) is 0.0787. The first-order chi connectivity index (χ1) is 24.9. The molecule has 4 aromatic rings. The van der Waals surface area contributed by atoms with Gasteiger partial charge in [0.05, 0.1) is 0 Å². The molecule has 278 valence electrons. The Morgan fingerprint density at radius 1 is 0.444 bits per heavy atom. The molecule has 54 heavy (non-hydrogen) atoms. The molecule has 6 rings (SSSR count). The van der Waals surface area contributed by atoms with Gasteiger partial charge in [0.25, 0.3) is 0 Å². The number of nitrogens with one attached hydrogen (secondary N) is 4. The van der Waals surface area contributed by atoms with Crippen LogP contribution >= 0.6 is 0 Å². The van der Waals surface area contributed by atoms with Crippen LogP contribution in [-0.4, -0.2) is 57.2 Å². The number of halogens is 4. The van der Waals surface area contributed by atoms with E-state index < -0.39 is 13.9 Å². The van der Waals surface area contributed by atoms with Gasteiger partial charge in [-0.15, -0.1) is 0 Å². The molecule has 0 aliphatic carbocycles. The van der Waals surface area contributed by atoms with Crippen LogP contribution in [0.4, 0.5) is 17.3 Å². The summed E-state index contributed by atoms with van der Waals surface area (Å²) in [5, 5.41) is 4.13. The molecule has 2 aliphatic rings. The van der Waals surface area contributed by atoms with Crippen molar-refractivity contribution in [3.8, 4) is 0 Å². The first kappa shape index (κ1) is 49.1. The Hall–Kier alpha value is -7.02. The van der Waals surface area contributed by atoms with Crippen molar-refractivity contribution < 1.29 is 60.6 Å². The van der Waals surface area contributed by atoms with Crippen LogP contribution in [0.25, 0.3) is 63.9 Å². The fraction of sp³-hybridized carbons (Fsp3) is 0. The minimum atomic E-state index is -4.00. The summed E-state index contributed by atoms with van der Waals surface area (Å²) < 4.78 is 55.0. The minimum Gasteiger partial charge on any atom is -0.421 e. The van der Waals surface area contributed by atoms with E-state index in [9.17, 15) is 17.3 Å². The molecule has 0 saturated carbocycles. The zero-order valence-electron chi connectivity index (χ0n) is 26.6. The third-order valence-electron chi connectivity index (χ3n) is 5.35. The van der Waals surface area contributed by atoms with Crippen molar-refractivity contribution in [1.82, 2.24) is 30.4 Å². The molecule has 4 aromatic heterocycles. The van der Waals surface area contributed by atoms with Crippen LogP contribution in [-0.2, 0) is 33.6 Å². The van der Waals surface area contributed by atoms with E-state index in [4.69, 9.17) is 44.2 Å². The average molecular weight is 832 g/mol. The normalized spacial score (nSPS) is 13.1. The Morgan fingerprint density at radius 2 is 0.685 bits per heavy atom. The maximum Gasteiger partial charge on any atom is 2.00 e. The number of aromatic nitrogens is 4. The molecule has 0 aromatic carbocycles. The second-order valence-corrected chi connectivity index (χ2v) is 8.74. The number of hydrogen-bond acceptors (Lipinski definition) is 8. The number of nitrogens with zero attached hydrogens (tertiary/aromatic N) is 18. The molecule has 0 fully saturated rings. The Balaban J connectivity index is 0. The summed E-state index contributed by atoms with van der Waals surface area (Å²) in [5.41, 5.74) is 55.4. The van der Waals surface area contributed by atoms with Crippen LogP contribution in [0, 0.1) is 0 Å². The summed E-state index contributed by atoms with van der Waals surface area (Å²) >= 11 is 0. The van der Waals surface area contributed by atoms with Gasteiger partial charge in [-0.3, -0.25) is 29.6 Å². The summed E-state index contributed by atoms with van der Waals surface area (Å²) in [6.07, 6.45) is 6.08. The van der Waals surface area contributed by atoms with Crippen molar-refractivity contribution in [2.24, 2.45) is 9.98 Å². The van der Waals surface area contributed by atoms with Crippen LogP contribution in [0.1, 0.15) is 22.8 Å². The number of pyridine rings is 4. The topological polar surface area (TPSA) is 363 Å². The van der Waals surface area contributed by atoms with E-state index in [1.165, 1.54) is 44.4 Å². The zero-order chi connectivity index (χ0) is 38.8. The molecule has 0 saturated heterocycles. The number of hydrogen-bond donors (Lipinski definition) is 4. The molecule has 0 atom stereocenters. The summed E-state index contributed by atoms with van der Waals surface area (Å²) in [6.45, 7) is -8.00. The molecule has 4 N–H and O–H groups in total. The molecule has 6 heterocycles.